The van der Waals surface area contributed by atoms with Crippen LogP contribution in [0.3, 0.4) is 0 Å². The number of benzene rings is 1. The molecule has 0 radical (unpaired) electrons. The van der Waals surface area contributed by atoms with Gasteiger partial charge in [-0.05, 0) is 54.5 Å². The second-order valence-electron chi connectivity index (χ2n) is 6.62. The summed E-state index contributed by atoms with van der Waals surface area (Å²) in [4.78, 5) is 0. The molecule has 0 fully saturated rings. The summed E-state index contributed by atoms with van der Waals surface area (Å²) >= 11 is 0. The fraction of sp³-hybridized carbons (Fsp3) is 0.429. The highest BCUT2D eigenvalue weighted by atomic mass is 16.5. The molecular formula is C21H29BO3. The van der Waals surface area contributed by atoms with Gasteiger partial charge in [-0.3, -0.25) is 0 Å². The summed E-state index contributed by atoms with van der Waals surface area (Å²) in [5.41, 5.74) is 4.58. The van der Waals surface area contributed by atoms with Gasteiger partial charge in [-0.2, -0.15) is 0 Å². The maximum Gasteiger partial charge on any atom is 0.458 e. The third-order valence-electron chi connectivity index (χ3n) is 4.59. The van der Waals surface area contributed by atoms with E-state index in [4.69, 9.17) is 4.65 Å². The molecule has 0 aromatic heterocycles. The minimum Gasteiger partial charge on any atom is -0.508 e. The Morgan fingerprint density at radius 2 is 2.16 bits per heavy atom. The third-order valence-corrected chi connectivity index (χ3v) is 4.59. The maximum atomic E-state index is 9.86. The lowest BCUT2D eigenvalue weighted by Crippen LogP contribution is -2.31. The zero-order valence-electron chi connectivity index (χ0n) is 15.4. The first kappa shape index (κ1) is 19.5. The summed E-state index contributed by atoms with van der Waals surface area (Å²) in [7, 11) is -0.719. The second-order valence-corrected chi connectivity index (χ2v) is 6.62. The van der Waals surface area contributed by atoms with E-state index in [9.17, 15) is 10.1 Å². The van der Waals surface area contributed by atoms with Crippen LogP contribution >= 0.6 is 0 Å². The molecule has 1 heterocycles. The molecule has 0 aliphatic carbocycles. The minimum absolute atomic E-state index is 0.0954. The predicted molar refractivity (Wildman–Crippen MR) is 105 cm³/mol. The van der Waals surface area contributed by atoms with Crippen LogP contribution in [0.15, 0.2) is 53.6 Å². The third kappa shape index (κ3) is 5.91. The fourth-order valence-electron chi connectivity index (χ4n) is 3.24. The summed E-state index contributed by atoms with van der Waals surface area (Å²) in [5, 5.41) is 19.5. The van der Waals surface area contributed by atoms with Gasteiger partial charge in [0.25, 0.3) is 0 Å². The van der Waals surface area contributed by atoms with E-state index in [-0.39, 0.29) is 11.9 Å². The van der Waals surface area contributed by atoms with Crippen LogP contribution in [-0.2, 0) is 4.65 Å². The van der Waals surface area contributed by atoms with Gasteiger partial charge in [0.15, 0.2) is 0 Å². The van der Waals surface area contributed by atoms with Crippen LogP contribution in [0.2, 0.25) is 6.32 Å². The standard InChI is InChI=1S/C21H29BO3/c1-4-7-16(3)20-12-13-22(24)25-21(20)11-10-17(5-2)14-18-8-6-9-19(23)15-18/h6,8-9,12,14-15,21,23-24H,3-5,7,10-11,13H2,1-2H3/b17-14+. The molecule has 0 spiro atoms. The van der Waals surface area contributed by atoms with Crippen LogP contribution in [-0.4, -0.2) is 23.4 Å². The lowest BCUT2D eigenvalue weighted by atomic mass is 9.77. The SMILES string of the molecule is C=C(CCC)C1=CCB(O)OC1CC/C(=C/c1cccc(O)c1)CC. The molecule has 1 aliphatic rings. The van der Waals surface area contributed by atoms with E-state index in [1.165, 1.54) is 5.57 Å². The van der Waals surface area contributed by atoms with Crippen molar-refractivity contribution >= 4 is 13.2 Å². The van der Waals surface area contributed by atoms with Gasteiger partial charge in [0.1, 0.15) is 5.75 Å². The number of hydrogen-bond acceptors (Lipinski definition) is 3. The van der Waals surface area contributed by atoms with Crippen molar-refractivity contribution in [3.05, 3.63) is 59.2 Å². The highest BCUT2D eigenvalue weighted by molar-refractivity contribution is 6.43. The molecule has 1 aromatic rings. The Kier molecular flexibility index (Phi) is 7.54. The molecule has 0 bridgehead atoms. The molecule has 3 nitrogen and oxygen atoms in total. The van der Waals surface area contributed by atoms with Gasteiger partial charge < -0.3 is 14.8 Å². The Bertz CT molecular complexity index is 648. The predicted octanol–water partition coefficient (Wildman–Crippen LogP) is 5.13. The molecule has 0 saturated carbocycles. The topological polar surface area (TPSA) is 49.7 Å². The summed E-state index contributed by atoms with van der Waals surface area (Å²) < 4.78 is 5.79. The monoisotopic (exact) mass is 340 g/mol. The van der Waals surface area contributed by atoms with Crippen LogP contribution in [0.1, 0.15) is 51.5 Å². The van der Waals surface area contributed by atoms with Gasteiger partial charge in [-0.1, -0.05) is 56.7 Å². The van der Waals surface area contributed by atoms with Crippen LogP contribution < -0.4 is 0 Å². The van der Waals surface area contributed by atoms with Crippen LogP contribution in [0.4, 0.5) is 0 Å². The number of phenols is 1. The van der Waals surface area contributed by atoms with E-state index in [1.54, 1.807) is 12.1 Å². The van der Waals surface area contributed by atoms with Crippen molar-refractivity contribution in [2.45, 2.75) is 58.4 Å². The van der Waals surface area contributed by atoms with Gasteiger partial charge in [0.2, 0.25) is 0 Å². The summed E-state index contributed by atoms with van der Waals surface area (Å²) in [6, 6.07) is 7.29. The molecule has 4 heteroatoms. The average molecular weight is 340 g/mol. The molecule has 134 valence electrons. The van der Waals surface area contributed by atoms with Gasteiger partial charge in [0, 0.05) is 6.32 Å². The Labute approximate surface area is 151 Å². The summed E-state index contributed by atoms with van der Waals surface area (Å²) in [6.45, 7) is 8.48. The smallest absolute Gasteiger partial charge is 0.458 e. The number of phenolic OH excluding ortho intramolecular Hbond substituents is 1. The second kappa shape index (κ2) is 9.64. The van der Waals surface area contributed by atoms with Crippen molar-refractivity contribution in [2.75, 3.05) is 0 Å². The van der Waals surface area contributed by atoms with E-state index < -0.39 is 7.12 Å². The lowest BCUT2D eigenvalue weighted by molar-refractivity contribution is 0.182. The Morgan fingerprint density at radius 3 is 2.84 bits per heavy atom. The van der Waals surface area contributed by atoms with E-state index in [2.05, 4.69) is 32.6 Å². The zero-order chi connectivity index (χ0) is 18.2. The van der Waals surface area contributed by atoms with Gasteiger partial charge in [0.05, 0.1) is 6.10 Å². The van der Waals surface area contributed by atoms with Crippen LogP contribution in [0, 0.1) is 0 Å². The van der Waals surface area contributed by atoms with Crippen molar-refractivity contribution in [3.8, 4) is 5.75 Å². The maximum absolute atomic E-state index is 9.86. The molecule has 1 atom stereocenters. The number of rotatable bonds is 8. The van der Waals surface area contributed by atoms with Crippen molar-refractivity contribution in [3.63, 3.8) is 0 Å². The van der Waals surface area contributed by atoms with Crippen LogP contribution in [0.5, 0.6) is 5.75 Å². The fourth-order valence-corrected chi connectivity index (χ4v) is 3.24. The first-order valence-corrected chi connectivity index (χ1v) is 9.23. The van der Waals surface area contributed by atoms with E-state index in [0.29, 0.717) is 6.32 Å². The average Bonchev–Trinajstić information content (AvgIpc) is 2.59. The molecule has 0 amide bonds. The molecule has 0 saturated heterocycles. The van der Waals surface area contributed by atoms with Crippen molar-refractivity contribution in [1.82, 2.24) is 0 Å². The first-order valence-electron chi connectivity index (χ1n) is 9.23. The Balaban J connectivity index is 2.06. The molecule has 1 unspecified atom stereocenters. The molecule has 2 N–H and O–H groups in total. The molecular weight excluding hydrogens is 311 g/mol. The molecule has 1 aliphatic heterocycles. The van der Waals surface area contributed by atoms with Gasteiger partial charge in [-0.15, -0.1) is 0 Å². The van der Waals surface area contributed by atoms with E-state index in [1.807, 2.05) is 12.1 Å². The Hall–Kier alpha value is -1.78. The highest BCUT2D eigenvalue weighted by Gasteiger charge is 2.27. The van der Waals surface area contributed by atoms with E-state index >= 15 is 0 Å². The largest absolute Gasteiger partial charge is 0.508 e. The Morgan fingerprint density at radius 1 is 1.36 bits per heavy atom. The normalized spacial score (nSPS) is 18.2. The van der Waals surface area contributed by atoms with Crippen molar-refractivity contribution in [1.29, 1.82) is 0 Å². The van der Waals surface area contributed by atoms with Gasteiger partial charge >= 0.3 is 7.12 Å². The first-order chi connectivity index (χ1) is 12.0. The van der Waals surface area contributed by atoms with Crippen molar-refractivity contribution < 1.29 is 14.8 Å². The number of allylic oxidation sites excluding steroid dienone is 2. The van der Waals surface area contributed by atoms with Gasteiger partial charge in [-0.25, -0.2) is 0 Å². The van der Waals surface area contributed by atoms with Crippen molar-refractivity contribution in [2.24, 2.45) is 0 Å². The zero-order valence-corrected chi connectivity index (χ0v) is 15.4. The lowest BCUT2D eigenvalue weighted by Gasteiger charge is -2.28. The molecule has 2 rings (SSSR count). The van der Waals surface area contributed by atoms with E-state index in [0.717, 1.165) is 48.8 Å². The number of hydrogen-bond donors (Lipinski definition) is 2. The summed E-state index contributed by atoms with van der Waals surface area (Å²) in [5.74, 6) is 0.282. The minimum atomic E-state index is -0.719. The quantitative estimate of drug-likeness (QED) is 0.645. The highest BCUT2D eigenvalue weighted by Crippen LogP contribution is 2.30. The molecule has 25 heavy (non-hydrogen) atoms. The summed E-state index contributed by atoms with van der Waals surface area (Å²) in [6.07, 6.45) is 9.33. The molecule has 1 aromatic carbocycles. The van der Waals surface area contributed by atoms with Crippen LogP contribution in [0.25, 0.3) is 6.08 Å². The number of aromatic hydroxyl groups is 1.